The van der Waals surface area contributed by atoms with E-state index in [1.165, 1.54) is 25.2 Å². The maximum Gasteiger partial charge on any atom is 0.259 e. The SMILES string of the molecule is COc1ccc(N(C(=O)c2cccc(Cl)c2)C2C=CS(=O)(=O)C2)c(OC)c1. The highest BCUT2D eigenvalue weighted by Gasteiger charge is 2.33. The average molecular weight is 408 g/mol. The number of anilines is 1. The predicted molar refractivity (Wildman–Crippen MR) is 105 cm³/mol. The smallest absolute Gasteiger partial charge is 0.259 e. The van der Waals surface area contributed by atoms with Crippen molar-refractivity contribution in [3.05, 3.63) is 64.5 Å². The van der Waals surface area contributed by atoms with E-state index >= 15 is 0 Å². The molecule has 1 atom stereocenters. The first-order chi connectivity index (χ1) is 12.8. The standard InChI is InChI=1S/C19H18ClNO5S/c1-25-16-6-7-17(18(11-16)26-2)21(15-8-9-27(23,24)12-15)19(22)13-4-3-5-14(20)10-13/h3-11,15H,12H2,1-2H3. The van der Waals surface area contributed by atoms with Gasteiger partial charge in [-0.2, -0.15) is 0 Å². The molecule has 1 amide bonds. The molecule has 1 aliphatic rings. The number of hydrogen-bond donors (Lipinski definition) is 0. The summed E-state index contributed by atoms with van der Waals surface area (Å²) in [5.74, 6) is 0.365. The number of methoxy groups -OCH3 is 2. The molecule has 1 heterocycles. The molecule has 0 bridgehead atoms. The summed E-state index contributed by atoms with van der Waals surface area (Å²) in [5, 5.41) is 1.54. The van der Waals surface area contributed by atoms with Crippen molar-refractivity contribution >= 4 is 33.0 Å². The van der Waals surface area contributed by atoms with E-state index in [-0.39, 0.29) is 11.7 Å². The van der Waals surface area contributed by atoms with Gasteiger partial charge in [-0.15, -0.1) is 0 Å². The lowest BCUT2D eigenvalue weighted by Gasteiger charge is -2.29. The summed E-state index contributed by atoms with van der Waals surface area (Å²) in [6.07, 6.45) is 1.50. The Morgan fingerprint density at radius 1 is 1.15 bits per heavy atom. The Morgan fingerprint density at radius 2 is 1.93 bits per heavy atom. The van der Waals surface area contributed by atoms with Crippen molar-refractivity contribution in [2.45, 2.75) is 6.04 Å². The molecular weight excluding hydrogens is 390 g/mol. The van der Waals surface area contributed by atoms with Gasteiger partial charge in [0.25, 0.3) is 5.91 Å². The second-order valence-electron chi connectivity index (χ2n) is 5.95. The Kier molecular flexibility index (Phi) is 5.43. The molecule has 142 valence electrons. The van der Waals surface area contributed by atoms with E-state index in [0.29, 0.717) is 27.8 Å². The summed E-state index contributed by atoms with van der Waals surface area (Å²) in [5.41, 5.74) is 0.785. The summed E-state index contributed by atoms with van der Waals surface area (Å²) in [4.78, 5) is 14.7. The topological polar surface area (TPSA) is 72.9 Å². The van der Waals surface area contributed by atoms with E-state index in [1.54, 1.807) is 42.5 Å². The van der Waals surface area contributed by atoms with Crippen LogP contribution in [0.1, 0.15) is 10.4 Å². The van der Waals surface area contributed by atoms with Crippen molar-refractivity contribution in [3.63, 3.8) is 0 Å². The minimum Gasteiger partial charge on any atom is -0.497 e. The zero-order valence-electron chi connectivity index (χ0n) is 14.8. The zero-order valence-corrected chi connectivity index (χ0v) is 16.3. The number of amides is 1. The molecule has 0 aromatic heterocycles. The van der Waals surface area contributed by atoms with Crippen LogP contribution in [0.4, 0.5) is 5.69 Å². The molecule has 0 saturated heterocycles. The van der Waals surface area contributed by atoms with Crippen molar-refractivity contribution in [2.75, 3.05) is 24.9 Å². The van der Waals surface area contributed by atoms with Crippen molar-refractivity contribution in [3.8, 4) is 11.5 Å². The van der Waals surface area contributed by atoms with Gasteiger partial charge in [0.15, 0.2) is 9.84 Å². The second kappa shape index (κ2) is 7.62. The fraction of sp³-hybridized carbons (Fsp3) is 0.211. The number of carbonyl (C=O) groups excluding carboxylic acids is 1. The van der Waals surface area contributed by atoms with Crippen LogP contribution < -0.4 is 14.4 Å². The van der Waals surface area contributed by atoms with Gasteiger partial charge in [0, 0.05) is 22.1 Å². The monoisotopic (exact) mass is 407 g/mol. The summed E-state index contributed by atoms with van der Waals surface area (Å²) in [7, 11) is -0.374. The number of halogens is 1. The third-order valence-electron chi connectivity index (χ3n) is 4.18. The van der Waals surface area contributed by atoms with Crippen LogP contribution >= 0.6 is 11.6 Å². The molecule has 0 N–H and O–H groups in total. The maximum atomic E-state index is 13.3. The third kappa shape index (κ3) is 4.09. The number of ether oxygens (including phenoxy) is 2. The van der Waals surface area contributed by atoms with Crippen LogP contribution in [-0.4, -0.2) is 40.3 Å². The summed E-state index contributed by atoms with van der Waals surface area (Å²) >= 11 is 6.02. The van der Waals surface area contributed by atoms with Crippen LogP contribution in [0.2, 0.25) is 5.02 Å². The zero-order chi connectivity index (χ0) is 19.6. The van der Waals surface area contributed by atoms with Gasteiger partial charge in [-0.05, 0) is 36.4 Å². The highest BCUT2D eigenvalue weighted by Crippen LogP contribution is 2.36. The molecule has 2 aromatic rings. The van der Waals surface area contributed by atoms with Crippen molar-refractivity contribution in [2.24, 2.45) is 0 Å². The molecule has 0 aliphatic carbocycles. The van der Waals surface area contributed by atoms with Crippen LogP contribution in [0, 0.1) is 0 Å². The Labute approximate surface area is 162 Å². The molecular formula is C19H18ClNO5S. The van der Waals surface area contributed by atoms with Crippen LogP contribution in [0.3, 0.4) is 0 Å². The lowest BCUT2D eigenvalue weighted by molar-refractivity contribution is 0.0982. The first-order valence-corrected chi connectivity index (χ1v) is 10.2. The molecule has 0 fully saturated rings. The molecule has 0 saturated carbocycles. The lowest BCUT2D eigenvalue weighted by Crippen LogP contribution is -2.41. The third-order valence-corrected chi connectivity index (χ3v) is 5.79. The first kappa shape index (κ1) is 19.3. The van der Waals surface area contributed by atoms with E-state index in [1.807, 2.05) is 0 Å². The fourth-order valence-corrected chi connectivity index (χ4v) is 4.36. The van der Waals surface area contributed by atoms with Crippen molar-refractivity contribution in [1.29, 1.82) is 0 Å². The predicted octanol–water partition coefficient (Wildman–Crippen LogP) is 3.31. The van der Waals surface area contributed by atoms with E-state index in [9.17, 15) is 13.2 Å². The van der Waals surface area contributed by atoms with E-state index in [0.717, 1.165) is 5.41 Å². The van der Waals surface area contributed by atoms with E-state index in [2.05, 4.69) is 0 Å². The molecule has 8 heteroatoms. The largest absolute Gasteiger partial charge is 0.497 e. The second-order valence-corrected chi connectivity index (χ2v) is 8.32. The molecule has 0 radical (unpaired) electrons. The fourth-order valence-electron chi connectivity index (χ4n) is 2.90. The number of benzene rings is 2. The summed E-state index contributed by atoms with van der Waals surface area (Å²) in [6, 6.07) is 10.8. The van der Waals surface area contributed by atoms with Gasteiger partial charge in [0.1, 0.15) is 11.5 Å². The molecule has 1 aliphatic heterocycles. The van der Waals surface area contributed by atoms with Gasteiger partial charge in [-0.1, -0.05) is 17.7 Å². The molecule has 0 spiro atoms. The summed E-state index contributed by atoms with van der Waals surface area (Å²) < 4.78 is 34.5. The highest BCUT2D eigenvalue weighted by molar-refractivity contribution is 7.94. The highest BCUT2D eigenvalue weighted by atomic mass is 35.5. The lowest BCUT2D eigenvalue weighted by atomic mass is 10.1. The normalized spacial score (nSPS) is 17.5. The van der Waals surface area contributed by atoms with Crippen molar-refractivity contribution < 1.29 is 22.7 Å². The number of hydrogen-bond acceptors (Lipinski definition) is 5. The number of sulfone groups is 1. The van der Waals surface area contributed by atoms with Crippen LogP contribution in [0.15, 0.2) is 53.9 Å². The Bertz CT molecular complexity index is 1000. The Hall–Kier alpha value is -2.51. The molecule has 27 heavy (non-hydrogen) atoms. The maximum absolute atomic E-state index is 13.3. The first-order valence-electron chi connectivity index (χ1n) is 8.07. The van der Waals surface area contributed by atoms with Crippen LogP contribution in [-0.2, 0) is 9.84 Å². The van der Waals surface area contributed by atoms with Crippen LogP contribution in [0.5, 0.6) is 11.5 Å². The molecule has 6 nitrogen and oxygen atoms in total. The quantitative estimate of drug-likeness (QED) is 0.760. The van der Waals surface area contributed by atoms with Gasteiger partial charge in [0.05, 0.1) is 31.7 Å². The number of nitrogens with zero attached hydrogens (tertiary/aromatic N) is 1. The van der Waals surface area contributed by atoms with Crippen LogP contribution in [0.25, 0.3) is 0 Å². The van der Waals surface area contributed by atoms with Crippen molar-refractivity contribution in [1.82, 2.24) is 0 Å². The summed E-state index contributed by atoms with van der Waals surface area (Å²) in [6.45, 7) is 0. The minimum absolute atomic E-state index is 0.200. The van der Waals surface area contributed by atoms with E-state index in [4.69, 9.17) is 21.1 Å². The molecule has 3 rings (SSSR count). The molecule has 2 aromatic carbocycles. The van der Waals surface area contributed by atoms with Gasteiger partial charge in [-0.25, -0.2) is 8.42 Å². The Morgan fingerprint density at radius 3 is 2.52 bits per heavy atom. The number of carbonyl (C=O) groups is 1. The molecule has 1 unspecified atom stereocenters. The van der Waals surface area contributed by atoms with Gasteiger partial charge in [0.2, 0.25) is 0 Å². The average Bonchev–Trinajstić information content (AvgIpc) is 3.01. The minimum atomic E-state index is -3.37. The van der Waals surface area contributed by atoms with E-state index < -0.39 is 15.9 Å². The van der Waals surface area contributed by atoms with Gasteiger partial charge >= 0.3 is 0 Å². The van der Waals surface area contributed by atoms with Gasteiger partial charge < -0.3 is 9.47 Å². The van der Waals surface area contributed by atoms with Gasteiger partial charge in [-0.3, -0.25) is 9.69 Å². The number of rotatable bonds is 5. The Balaban J connectivity index is 2.11.